The van der Waals surface area contributed by atoms with Crippen molar-refractivity contribution in [3.63, 3.8) is 0 Å². The van der Waals surface area contributed by atoms with Crippen LogP contribution in [0.15, 0.2) is 0 Å². The quantitative estimate of drug-likeness (QED) is 0.477. The van der Waals surface area contributed by atoms with E-state index < -0.39 is 11.6 Å². The molecule has 0 radical (unpaired) electrons. The molecule has 0 spiro atoms. The van der Waals surface area contributed by atoms with Gasteiger partial charge in [-0.25, -0.2) is 4.79 Å². The summed E-state index contributed by atoms with van der Waals surface area (Å²) in [5.74, 6) is 0. The molecule has 0 saturated carbocycles. The van der Waals surface area contributed by atoms with Crippen molar-refractivity contribution in [1.82, 2.24) is 10.6 Å². The average molecular weight is 155 g/mol. The van der Waals surface area contributed by atoms with Gasteiger partial charge in [-0.1, -0.05) is 0 Å². The molecular weight excluding hydrogens is 146 g/mol. The van der Waals surface area contributed by atoms with Crippen molar-refractivity contribution in [3.8, 4) is 6.07 Å². The molecule has 1 fully saturated rings. The van der Waals surface area contributed by atoms with Crippen LogP contribution in [0, 0.1) is 11.3 Å². The van der Waals surface area contributed by atoms with Crippen LogP contribution in [-0.4, -0.2) is 29.8 Å². The van der Waals surface area contributed by atoms with E-state index in [9.17, 15) is 4.79 Å². The Morgan fingerprint density at radius 3 is 2.91 bits per heavy atom. The molecule has 0 aromatic carbocycles. The van der Waals surface area contributed by atoms with Crippen molar-refractivity contribution in [2.45, 2.75) is 12.0 Å². The lowest BCUT2D eigenvalue weighted by molar-refractivity contribution is 0.186. The van der Waals surface area contributed by atoms with Gasteiger partial charge in [0.2, 0.25) is 0 Å². The van der Waals surface area contributed by atoms with E-state index in [0.29, 0.717) is 19.5 Å². The van der Waals surface area contributed by atoms with Crippen LogP contribution in [0.5, 0.6) is 0 Å². The molecule has 1 heterocycles. The van der Waals surface area contributed by atoms with Crippen molar-refractivity contribution in [2.75, 3.05) is 13.1 Å². The summed E-state index contributed by atoms with van der Waals surface area (Å²) >= 11 is 0. The molecule has 1 aliphatic rings. The van der Waals surface area contributed by atoms with E-state index in [-0.39, 0.29) is 0 Å². The zero-order valence-corrected chi connectivity index (χ0v) is 5.92. The second-order valence-corrected chi connectivity index (χ2v) is 2.55. The highest BCUT2D eigenvalue weighted by Gasteiger charge is 2.35. The van der Waals surface area contributed by atoms with E-state index in [1.807, 2.05) is 6.07 Å². The van der Waals surface area contributed by atoms with Gasteiger partial charge in [-0.3, -0.25) is 0 Å². The standard InChI is InChI=1S/C6H9N3O2/c7-3-6(9-5(10)11)1-2-8-4-6/h8-9H,1-2,4H2,(H,10,11). The lowest BCUT2D eigenvalue weighted by atomic mass is 10.0. The number of carbonyl (C=O) groups is 1. The Hall–Kier alpha value is -1.28. The van der Waals surface area contributed by atoms with E-state index in [2.05, 4.69) is 10.6 Å². The molecule has 1 unspecified atom stereocenters. The summed E-state index contributed by atoms with van der Waals surface area (Å²) in [6.45, 7) is 1.09. The maximum atomic E-state index is 10.2. The third kappa shape index (κ3) is 1.59. The summed E-state index contributed by atoms with van der Waals surface area (Å²) in [5, 5.41) is 22.1. The molecule has 1 atom stereocenters. The number of hydrogen-bond donors (Lipinski definition) is 3. The van der Waals surface area contributed by atoms with Gasteiger partial charge in [0.25, 0.3) is 0 Å². The molecule has 0 aromatic rings. The summed E-state index contributed by atoms with van der Waals surface area (Å²) in [6.07, 6.45) is -0.606. The Morgan fingerprint density at radius 2 is 2.55 bits per heavy atom. The van der Waals surface area contributed by atoms with Crippen molar-refractivity contribution < 1.29 is 9.90 Å². The number of nitrogens with zero attached hydrogens (tertiary/aromatic N) is 1. The summed E-state index contributed by atoms with van der Waals surface area (Å²) in [7, 11) is 0. The smallest absolute Gasteiger partial charge is 0.405 e. The Kier molecular flexibility index (Phi) is 1.96. The van der Waals surface area contributed by atoms with E-state index in [1.165, 1.54) is 0 Å². The number of nitriles is 1. The molecule has 0 aromatic heterocycles. The van der Waals surface area contributed by atoms with E-state index in [4.69, 9.17) is 10.4 Å². The maximum Gasteiger partial charge on any atom is 0.405 e. The molecular formula is C6H9N3O2. The van der Waals surface area contributed by atoms with Gasteiger partial charge in [0.15, 0.2) is 0 Å². The molecule has 11 heavy (non-hydrogen) atoms. The average Bonchev–Trinajstić information content (AvgIpc) is 2.36. The van der Waals surface area contributed by atoms with Gasteiger partial charge in [0.1, 0.15) is 5.54 Å². The fourth-order valence-corrected chi connectivity index (χ4v) is 1.13. The Labute approximate surface area is 64.0 Å². The molecule has 1 rings (SSSR count). The van der Waals surface area contributed by atoms with Crippen molar-refractivity contribution in [1.29, 1.82) is 5.26 Å². The largest absolute Gasteiger partial charge is 0.465 e. The maximum absolute atomic E-state index is 10.2. The van der Waals surface area contributed by atoms with Crippen LogP contribution in [0.4, 0.5) is 4.79 Å². The molecule has 3 N–H and O–H groups in total. The molecule has 60 valence electrons. The van der Waals surface area contributed by atoms with Crippen LogP contribution < -0.4 is 10.6 Å². The Morgan fingerprint density at radius 1 is 1.82 bits per heavy atom. The first kappa shape index (κ1) is 7.82. The summed E-state index contributed by atoms with van der Waals surface area (Å²) in [5.41, 5.74) is -0.897. The van der Waals surface area contributed by atoms with Crippen molar-refractivity contribution in [3.05, 3.63) is 0 Å². The SMILES string of the molecule is N#CC1(NC(=O)O)CCNC1. The van der Waals surface area contributed by atoms with Crippen LogP contribution in [0.3, 0.4) is 0 Å². The highest BCUT2D eigenvalue weighted by atomic mass is 16.4. The predicted octanol–water partition coefficient (Wildman–Crippen LogP) is -0.490. The summed E-state index contributed by atoms with van der Waals surface area (Å²) in [4.78, 5) is 10.2. The highest BCUT2D eigenvalue weighted by molar-refractivity contribution is 5.66. The van der Waals surface area contributed by atoms with Gasteiger partial charge in [0, 0.05) is 6.54 Å². The van der Waals surface area contributed by atoms with E-state index in [1.54, 1.807) is 0 Å². The predicted molar refractivity (Wildman–Crippen MR) is 37.0 cm³/mol. The zero-order chi connectivity index (χ0) is 8.32. The zero-order valence-electron chi connectivity index (χ0n) is 5.92. The molecule has 0 bridgehead atoms. The Bertz CT molecular complexity index is 202. The number of carboxylic acid groups (broad SMARTS) is 1. The molecule has 1 amide bonds. The normalized spacial score (nSPS) is 29.4. The lowest BCUT2D eigenvalue weighted by Gasteiger charge is -2.18. The van der Waals surface area contributed by atoms with Gasteiger partial charge in [-0.2, -0.15) is 5.26 Å². The first-order valence-electron chi connectivity index (χ1n) is 3.32. The summed E-state index contributed by atoms with van der Waals surface area (Å²) in [6, 6.07) is 1.95. The van der Waals surface area contributed by atoms with Gasteiger partial charge in [-0.15, -0.1) is 0 Å². The number of rotatable bonds is 1. The van der Waals surface area contributed by atoms with Gasteiger partial charge < -0.3 is 15.7 Å². The molecule has 1 aliphatic heterocycles. The minimum absolute atomic E-state index is 0.399. The van der Waals surface area contributed by atoms with Crippen LogP contribution in [0.2, 0.25) is 0 Å². The topological polar surface area (TPSA) is 85.2 Å². The molecule has 0 aliphatic carbocycles. The molecule has 5 nitrogen and oxygen atoms in total. The Balaban J connectivity index is 2.61. The summed E-state index contributed by atoms with van der Waals surface area (Å²) < 4.78 is 0. The third-order valence-corrected chi connectivity index (χ3v) is 1.72. The highest BCUT2D eigenvalue weighted by Crippen LogP contribution is 2.12. The fraction of sp³-hybridized carbons (Fsp3) is 0.667. The van der Waals surface area contributed by atoms with E-state index in [0.717, 1.165) is 0 Å². The molecule has 5 heteroatoms. The van der Waals surface area contributed by atoms with Crippen LogP contribution in [0.25, 0.3) is 0 Å². The fourth-order valence-electron chi connectivity index (χ4n) is 1.13. The number of amides is 1. The third-order valence-electron chi connectivity index (χ3n) is 1.72. The monoisotopic (exact) mass is 155 g/mol. The number of nitrogens with one attached hydrogen (secondary N) is 2. The van der Waals surface area contributed by atoms with Gasteiger partial charge >= 0.3 is 6.09 Å². The van der Waals surface area contributed by atoms with E-state index >= 15 is 0 Å². The van der Waals surface area contributed by atoms with Crippen LogP contribution in [-0.2, 0) is 0 Å². The van der Waals surface area contributed by atoms with Crippen molar-refractivity contribution >= 4 is 6.09 Å². The first-order valence-corrected chi connectivity index (χ1v) is 3.32. The minimum Gasteiger partial charge on any atom is -0.465 e. The minimum atomic E-state index is -1.14. The van der Waals surface area contributed by atoms with Gasteiger partial charge in [-0.05, 0) is 13.0 Å². The second kappa shape index (κ2) is 2.76. The van der Waals surface area contributed by atoms with Crippen LogP contribution >= 0.6 is 0 Å². The second-order valence-electron chi connectivity index (χ2n) is 2.55. The van der Waals surface area contributed by atoms with Crippen LogP contribution in [0.1, 0.15) is 6.42 Å². The first-order chi connectivity index (χ1) is 5.18. The molecule has 1 saturated heterocycles. The number of hydrogen-bond acceptors (Lipinski definition) is 3. The van der Waals surface area contributed by atoms with Crippen molar-refractivity contribution in [2.24, 2.45) is 0 Å². The van der Waals surface area contributed by atoms with Gasteiger partial charge in [0.05, 0.1) is 6.07 Å². The lowest BCUT2D eigenvalue weighted by Crippen LogP contribution is -2.48.